The van der Waals surface area contributed by atoms with Crippen LogP contribution in [0, 0.1) is 6.92 Å². The average Bonchev–Trinajstić information content (AvgIpc) is 2.28. The second kappa shape index (κ2) is 7.25. The summed E-state index contributed by atoms with van der Waals surface area (Å²) in [6, 6.07) is 3.56. The molecule has 0 saturated heterocycles. The number of nitrogens with zero attached hydrogens (tertiary/aromatic N) is 1. The van der Waals surface area contributed by atoms with Crippen LogP contribution >= 0.6 is 0 Å². The molecule has 4 nitrogen and oxygen atoms in total. The summed E-state index contributed by atoms with van der Waals surface area (Å²) in [7, 11) is 0. The van der Waals surface area contributed by atoms with Crippen LogP contribution in [-0.2, 0) is 16.0 Å². The van der Waals surface area contributed by atoms with Gasteiger partial charge in [0.1, 0.15) is 0 Å². The Balaban J connectivity index is 2.55. The first-order chi connectivity index (χ1) is 8.17. The maximum Gasteiger partial charge on any atom is 0.250 e. The molecular formula is C13H21NO3. The number of rotatable bonds is 7. The summed E-state index contributed by atoms with van der Waals surface area (Å²) in [5.41, 5.74) is 1.01. The second-order valence-electron chi connectivity index (χ2n) is 3.86. The average molecular weight is 239 g/mol. The Morgan fingerprint density at radius 1 is 1.29 bits per heavy atom. The Kier molecular flexibility index (Phi) is 5.94. The Morgan fingerprint density at radius 3 is 2.47 bits per heavy atom. The van der Waals surface area contributed by atoms with Crippen molar-refractivity contribution >= 4 is 0 Å². The molecule has 0 spiro atoms. The van der Waals surface area contributed by atoms with Crippen molar-refractivity contribution in [3.05, 3.63) is 34.2 Å². The molecule has 1 rings (SSSR count). The molecule has 96 valence electrons. The van der Waals surface area contributed by atoms with Crippen LogP contribution in [0.15, 0.2) is 23.1 Å². The van der Waals surface area contributed by atoms with Gasteiger partial charge in [0.15, 0.2) is 6.29 Å². The van der Waals surface area contributed by atoms with E-state index in [2.05, 4.69) is 0 Å². The van der Waals surface area contributed by atoms with Gasteiger partial charge in [-0.15, -0.1) is 0 Å². The fraction of sp³-hybridized carbons (Fsp3) is 0.615. The van der Waals surface area contributed by atoms with E-state index in [1.807, 2.05) is 33.0 Å². The van der Waals surface area contributed by atoms with Crippen LogP contribution in [0.4, 0.5) is 0 Å². The predicted octanol–water partition coefficient (Wildman–Crippen LogP) is 1.95. The summed E-state index contributed by atoms with van der Waals surface area (Å²) in [5.74, 6) is 0. The van der Waals surface area contributed by atoms with Crippen LogP contribution < -0.4 is 5.56 Å². The first kappa shape index (κ1) is 13.9. The third-order valence-electron chi connectivity index (χ3n) is 2.46. The Hall–Kier alpha value is -1.13. The zero-order valence-corrected chi connectivity index (χ0v) is 10.8. The zero-order valence-electron chi connectivity index (χ0n) is 10.8. The highest BCUT2D eigenvalue weighted by Crippen LogP contribution is 2.03. The van der Waals surface area contributed by atoms with Crippen molar-refractivity contribution in [2.75, 3.05) is 13.2 Å². The number of aryl methyl sites for hydroxylation is 2. The van der Waals surface area contributed by atoms with Gasteiger partial charge >= 0.3 is 0 Å². The van der Waals surface area contributed by atoms with Gasteiger partial charge in [0.25, 0.3) is 5.56 Å². The normalized spacial score (nSPS) is 11.1. The lowest BCUT2D eigenvalue weighted by Gasteiger charge is -2.17. The molecule has 0 aliphatic heterocycles. The predicted molar refractivity (Wildman–Crippen MR) is 67.1 cm³/mol. The zero-order chi connectivity index (χ0) is 12.7. The lowest BCUT2D eigenvalue weighted by atomic mass is 10.3. The molecule has 1 aromatic heterocycles. The van der Waals surface area contributed by atoms with Crippen molar-refractivity contribution in [2.45, 2.75) is 40.0 Å². The maximum absolute atomic E-state index is 11.6. The molecule has 0 radical (unpaired) electrons. The van der Waals surface area contributed by atoms with Crippen molar-refractivity contribution in [2.24, 2.45) is 0 Å². The highest BCUT2D eigenvalue weighted by atomic mass is 16.7. The lowest BCUT2D eigenvalue weighted by Crippen LogP contribution is -2.24. The second-order valence-corrected chi connectivity index (χ2v) is 3.86. The summed E-state index contributed by atoms with van der Waals surface area (Å²) in [6.45, 7) is 7.63. The van der Waals surface area contributed by atoms with Crippen LogP contribution in [0.3, 0.4) is 0 Å². The van der Waals surface area contributed by atoms with E-state index in [1.54, 1.807) is 10.6 Å². The summed E-state index contributed by atoms with van der Waals surface area (Å²) < 4.78 is 12.5. The number of pyridine rings is 1. The molecule has 17 heavy (non-hydrogen) atoms. The van der Waals surface area contributed by atoms with Crippen LogP contribution in [0.1, 0.15) is 25.8 Å². The summed E-state index contributed by atoms with van der Waals surface area (Å²) in [5, 5.41) is 0. The van der Waals surface area contributed by atoms with Gasteiger partial charge in [0.2, 0.25) is 0 Å². The van der Waals surface area contributed by atoms with Gasteiger partial charge < -0.3 is 14.0 Å². The lowest BCUT2D eigenvalue weighted by molar-refractivity contribution is -0.141. The van der Waals surface area contributed by atoms with Crippen LogP contribution in [0.5, 0.6) is 0 Å². The van der Waals surface area contributed by atoms with E-state index in [9.17, 15) is 4.79 Å². The van der Waals surface area contributed by atoms with Gasteiger partial charge in [0.05, 0.1) is 0 Å². The Morgan fingerprint density at radius 2 is 1.94 bits per heavy atom. The van der Waals surface area contributed by atoms with E-state index in [4.69, 9.17) is 9.47 Å². The fourth-order valence-corrected chi connectivity index (χ4v) is 1.62. The van der Waals surface area contributed by atoms with Gasteiger partial charge in [-0.05, 0) is 32.4 Å². The third-order valence-corrected chi connectivity index (χ3v) is 2.46. The molecule has 0 unspecified atom stereocenters. The first-order valence-electron chi connectivity index (χ1n) is 6.07. The van der Waals surface area contributed by atoms with Gasteiger partial charge in [0, 0.05) is 38.4 Å². The minimum absolute atomic E-state index is 0.0248. The SMILES string of the molecule is CCOC(CCn1ccc(C)cc1=O)OCC. The molecule has 4 heteroatoms. The molecular weight excluding hydrogens is 218 g/mol. The van der Waals surface area contributed by atoms with Gasteiger partial charge in [-0.1, -0.05) is 0 Å². The molecule has 0 saturated carbocycles. The van der Waals surface area contributed by atoms with Gasteiger partial charge in [-0.3, -0.25) is 4.79 Å². The Labute approximate surface area is 102 Å². The molecule has 1 aromatic rings. The molecule has 1 heterocycles. The minimum atomic E-state index is -0.224. The fourth-order valence-electron chi connectivity index (χ4n) is 1.62. The van der Waals surface area contributed by atoms with E-state index < -0.39 is 0 Å². The van der Waals surface area contributed by atoms with Crippen LogP contribution in [0.25, 0.3) is 0 Å². The van der Waals surface area contributed by atoms with Crippen molar-refractivity contribution in [1.29, 1.82) is 0 Å². The smallest absolute Gasteiger partial charge is 0.250 e. The van der Waals surface area contributed by atoms with Crippen molar-refractivity contribution < 1.29 is 9.47 Å². The molecule has 0 aliphatic carbocycles. The van der Waals surface area contributed by atoms with Crippen molar-refractivity contribution in [3.8, 4) is 0 Å². The Bertz CT molecular complexity index is 380. The molecule has 0 atom stereocenters. The molecule has 0 aliphatic rings. The molecule has 0 N–H and O–H groups in total. The standard InChI is InChI=1S/C13H21NO3/c1-4-16-13(17-5-2)7-9-14-8-6-11(3)10-12(14)15/h6,8,10,13H,4-5,7,9H2,1-3H3. The van der Waals surface area contributed by atoms with E-state index in [1.165, 1.54) is 0 Å². The third kappa shape index (κ3) is 4.71. The minimum Gasteiger partial charge on any atom is -0.353 e. The highest BCUT2D eigenvalue weighted by Gasteiger charge is 2.08. The largest absolute Gasteiger partial charge is 0.353 e. The van der Waals surface area contributed by atoms with Gasteiger partial charge in [-0.2, -0.15) is 0 Å². The summed E-state index contributed by atoms with van der Waals surface area (Å²) in [4.78, 5) is 11.6. The summed E-state index contributed by atoms with van der Waals surface area (Å²) in [6.07, 6.45) is 2.27. The number of aromatic nitrogens is 1. The molecule has 0 amide bonds. The first-order valence-corrected chi connectivity index (χ1v) is 6.07. The maximum atomic E-state index is 11.6. The van der Waals surface area contributed by atoms with Crippen molar-refractivity contribution in [3.63, 3.8) is 0 Å². The van der Waals surface area contributed by atoms with E-state index in [0.717, 1.165) is 5.56 Å². The quantitative estimate of drug-likeness (QED) is 0.683. The van der Waals surface area contributed by atoms with E-state index in [-0.39, 0.29) is 11.8 Å². The summed E-state index contributed by atoms with van der Waals surface area (Å²) >= 11 is 0. The number of hydrogen-bond donors (Lipinski definition) is 0. The highest BCUT2D eigenvalue weighted by molar-refractivity contribution is 5.07. The van der Waals surface area contributed by atoms with E-state index in [0.29, 0.717) is 26.2 Å². The molecule has 0 fully saturated rings. The number of hydrogen-bond acceptors (Lipinski definition) is 3. The number of ether oxygens (including phenoxy) is 2. The topological polar surface area (TPSA) is 40.5 Å². The van der Waals surface area contributed by atoms with Crippen molar-refractivity contribution in [1.82, 2.24) is 4.57 Å². The van der Waals surface area contributed by atoms with Crippen LogP contribution in [-0.4, -0.2) is 24.1 Å². The van der Waals surface area contributed by atoms with E-state index >= 15 is 0 Å². The molecule has 0 aromatic carbocycles. The molecule has 0 bridgehead atoms. The monoisotopic (exact) mass is 239 g/mol. The van der Waals surface area contributed by atoms with Gasteiger partial charge in [-0.25, -0.2) is 0 Å². The van der Waals surface area contributed by atoms with Crippen LogP contribution in [0.2, 0.25) is 0 Å².